The van der Waals surface area contributed by atoms with E-state index in [0.29, 0.717) is 16.7 Å². The molecular weight excluding hydrogens is 402 g/mol. The highest BCUT2D eigenvalue weighted by Gasteiger charge is 2.48. The van der Waals surface area contributed by atoms with E-state index in [1.807, 2.05) is 24.3 Å². The number of rotatable bonds is 6. The number of amides is 4. The summed E-state index contributed by atoms with van der Waals surface area (Å²) in [4.78, 5) is 47.0. The Hall–Kier alpha value is -2.81. The minimum atomic E-state index is -0.767. The van der Waals surface area contributed by atoms with Gasteiger partial charge in [0.05, 0.1) is 19.8 Å². The fraction of sp³-hybridized carbons (Fsp3) is 0.429. The van der Waals surface area contributed by atoms with Crippen molar-refractivity contribution >= 4 is 52.0 Å². The molecule has 30 heavy (non-hydrogen) atoms. The van der Waals surface area contributed by atoms with E-state index < -0.39 is 17.9 Å². The average molecular weight is 429 g/mol. The standard InChI is InChI=1S/C21H25N5O3S/c1-5-6-7-14-8-10-15(11-9-14)24-16(27)12-30-19-17-18(22-13(2)23-19)25(3)21(29)26(4)20(17)28/h8-11,17H,5-7,12H2,1-4H3/p+1. The number of unbranched alkanes of at least 4 members (excludes halogenated alkanes) is 1. The summed E-state index contributed by atoms with van der Waals surface area (Å²) < 4.78 is 1.35. The van der Waals surface area contributed by atoms with Crippen LogP contribution >= 0.6 is 11.8 Å². The van der Waals surface area contributed by atoms with E-state index in [9.17, 15) is 14.4 Å². The van der Waals surface area contributed by atoms with Gasteiger partial charge in [0.25, 0.3) is 5.84 Å². The van der Waals surface area contributed by atoms with Crippen LogP contribution < -0.4 is 5.32 Å². The maximum absolute atomic E-state index is 12.7. The molecule has 2 aliphatic rings. The smallest absolute Gasteiger partial charge is 0.325 e. The quantitative estimate of drug-likeness (QED) is 0.705. The summed E-state index contributed by atoms with van der Waals surface area (Å²) in [6.07, 6.45) is 3.31. The maximum Gasteiger partial charge on any atom is 0.445 e. The van der Waals surface area contributed by atoms with Crippen LogP contribution in [0.15, 0.2) is 34.3 Å². The monoisotopic (exact) mass is 428 g/mol. The van der Waals surface area contributed by atoms with Gasteiger partial charge in [0, 0.05) is 12.6 Å². The lowest BCUT2D eigenvalue weighted by molar-refractivity contribution is -0.407. The average Bonchev–Trinajstić information content (AvgIpc) is 2.73. The fourth-order valence-electron chi connectivity index (χ4n) is 3.27. The molecule has 0 spiro atoms. The molecule has 0 aliphatic carbocycles. The Balaban J connectivity index is 1.66. The van der Waals surface area contributed by atoms with Crippen molar-refractivity contribution in [2.24, 2.45) is 15.9 Å². The SMILES string of the molecule is CCCCc1ccc(NC(=O)CSC2=NC(C)=NC3=[N+](C)C(=O)N(C)C(=O)C23)cc1. The van der Waals surface area contributed by atoms with Gasteiger partial charge in [-0.1, -0.05) is 42.2 Å². The Morgan fingerprint density at radius 3 is 2.60 bits per heavy atom. The molecule has 0 saturated carbocycles. The molecule has 2 heterocycles. The zero-order valence-corrected chi connectivity index (χ0v) is 18.5. The summed E-state index contributed by atoms with van der Waals surface area (Å²) in [6, 6.07) is 7.40. The number of urea groups is 1. The lowest BCUT2D eigenvalue weighted by Crippen LogP contribution is -2.54. The Labute approximate surface area is 180 Å². The van der Waals surface area contributed by atoms with Crippen molar-refractivity contribution in [2.75, 3.05) is 25.2 Å². The molecule has 1 aromatic rings. The zero-order valence-electron chi connectivity index (χ0n) is 17.6. The number of fused-ring (bicyclic) bond motifs is 1. The molecule has 1 N–H and O–H groups in total. The Morgan fingerprint density at radius 1 is 1.23 bits per heavy atom. The van der Waals surface area contributed by atoms with E-state index in [4.69, 9.17) is 0 Å². The number of nitrogens with one attached hydrogen (secondary N) is 1. The lowest BCUT2D eigenvalue weighted by Gasteiger charge is -2.26. The first-order chi connectivity index (χ1) is 14.3. The van der Waals surface area contributed by atoms with Gasteiger partial charge in [0.15, 0.2) is 5.92 Å². The van der Waals surface area contributed by atoms with E-state index in [0.717, 1.165) is 29.8 Å². The molecule has 4 amide bonds. The molecule has 0 saturated heterocycles. The number of benzene rings is 1. The van der Waals surface area contributed by atoms with Crippen LogP contribution in [0.1, 0.15) is 32.3 Å². The van der Waals surface area contributed by atoms with Crippen molar-refractivity contribution in [1.29, 1.82) is 0 Å². The highest BCUT2D eigenvalue weighted by atomic mass is 32.2. The third-order valence-electron chi connectivity index (χ3n) is 4.96. The number of hydrogen-bond acceptors (Lipinski definition) is 6. The van der Waals surface area contributed by atoms with E-state index in [1.165, 1.54) is 28.9 Å². The van der Waals surface area contributed by atoms with E-state index in [1.54, 1.807) is 14.0 Å². The molecule has 158 valence electrons. The molecule has 0 bridgehead atoms. The zero-order chi connectivity index (χ0) is 21.8. The van der Waals surface area contributed by atoms with Crippen LogP contribution in [-0.4, -0.2) is 63.9 Å². The first-order valence-corrected chi connectivity index (χ1v) is 10.9. The van der Waals surface area contributed by atoms with E-state index in [2.05, 4.69) is 22.2 Å². The van der Waals surface area contributed by atoms with Crippen LogP contribution in [-0.2, 0) is 16.0 Å². The number of imide groups is 1. The summed E-state index contributed by atoms with van der Waals surface area (Å²) in [5, 5.41) is 3.34. The fourth-order valence-corrected chi connectivity index (χ4v) is 4.19. The van der Waals surface area contributed by atoms with Crippen molar-refractivity contribution in [3.05, 3.63) is 29.8 Å². The first kappa shape index (κ1) is 21.9. The van der Waals surface area contributed by atoms with Gasteiger partial charge in [0.2, 0.25) is 11.7 Å². The van der Waals surface area contributed by atoms with Crippen molar-refractivity contribution in [3.63, 3.8) is 0 Å². The third kappa shape index (κ3) is 4.67. The van der Waals surface area contributed by atoms with Crippen LogP contribution in [0.4, 0.5) is 10.5 Å². The van der Waals surface area contributed by atoms with Gasteiger partial charge in [-0.3, -0.25) is 9.59 Å². The summed E-state index contributed by atoms with van der Waals surface area (Å²) >= 11 is 1.19. The molecule has 0 aromatic heterocycles. The van der Waals surface area contributed by atoms with Gasteiger partial charge in [0.1, 0.15) is 5.04 Å². The van der Waals surface area contributed by atoms with E-state index >= 15 is 0 Å². The highest BCUT2D eigenvalue weighted by molar-refractivity contribution is 8.14. The number of carbonyl (C=O) groups excluding carboxylic acids is 3. The normalized spacial score (nSPS) is 18.8. The number of nitrogens with zero attached hydrogens (tertiary/aromatic N) is 4. The predicted molar refractivity (Wildman–Crippen MR) is 120 cm³/mol. The minimum absolute atomic E-state index is 0.0993. The van der Waals surface area contributed by atoms with Crippen LogP contribution in [0.3, 0.4) is 0 Å². The summed E-state index contributed by atoms with van der Waals surface area (Å²) in [5.41, 5.74) is 1.98. The number of hydrogen-bond donors (Lipinski definition) is 1. The molecule has 1 unspecified atom stereocenters. The molecule has 1 aromatic carbocycles. The predicted octanol–water partition coefficient (Wildman–Crippen LogP) is 2.78. The van der Waals surface area contributed by atoms with Crippen molar-refractivity contribution < 1.29 is 19.0 Å². The van der Waals surface area contributed by atoms with Crippen molar-refractivity contribution in [3.8, 4) is 0 Å². The number of thioether (sulfide) groups is 1. The van der Waals surface area contributed by atoms with Crippen LogP contribution in [0.2, 0.25) is 0 Å². The number of aryl methyl sites for hydroxylation is 1. The second-order valence-corrected chi connectivity index (χ2v) is 8.27. The first-order valence-electron chi connectivity index (χ1n) is 9.89. The van der Waals surface area contributed by atoms with Gasteiger partial charge >= 0.3 is 11.9 Å². The molecule has 0 fully saturated rings. The maximum atomic E-state index is 12.7. The molecule has 9 heteroatoms. The van der Waals surface area contributed by atoms with Crippen molar-refractivity contribution in [2.45, 2.75) is 33.1 Å². The lowest BCUT2D eigenvalue weighted by atomic mass is 10.1. The van der Waals surface area contributed by atoms with Gasteiger partial charge in [-0.15, -0.1) is 0 Å². The Kier molecular flexibility index (Phi) is 6.81. The highest BCUT2D eigenvalue weighted by Crippen LogP contribution is 2.25. The Bertz CT molecular complexity index is 965. The van der Waals surface area contributed by atoms with Crippen LogP contribution in [0, 0.1) is 5.92 Å². The van der Waals surface area contributed by atoms with Gasteiger partial charge in [-0.05, 0) is 30.5 Å². The largest absolute Gasteiger partial charge is 0.445 e. The van der Waals surface area contributed by atoms with Gasteiger partial charge in [-0.25, -0.2) is 9.79 Å². The topological polar surface area (TPSA) is 94.2 Å². The second-order valence-electron chi connectivity index (χ2n) is 7.28. The number of amidine groups is 2. The number of carbonyl (C=O) groups is 3. The molecule has 1 atom stereocenters. The molecule has 8 nitrogen and oxygen atoms in total. The molecule has 2 aliphatic heterocycles. The van der Waals surface area contributed by atoms with Crippen LogP contribution in [0.5, 0.6) is 0 Å². The Morgan fingerprint density at radius 2 is 1.93 bits per heavy atom. The molecular formula is C21H26N5O3S+. The summed E-state index contributed by atoms with van der Waals surface area (Å²) in [7, 11) is 3.01. The molecule has 3 rings (SSSR count). The number of aliphatic imine (C=N–C) groups is 2. The number of anilines is 1. The van der Waals surface area contributed by atoms with Gasteiger partial charge in [-0.2, -0.15) is 9.48 Å². The van der Waals surface area contributed by atoms with Crippen molar-refractivity contribution in [1.82, 2.24) is 4.90 Å². The minimum Gasteiger partial charge on any atom is -0.325 e. The summed E-state index contributed by atoms with van der Waals surface area (Å²) in [6.45, 7) is 3.86. The van der Waals surface area contributed by atoms with Gasteiger partial charge < -0.3 is 5.32 Å². The molecule has 0 radical (unpaired) electrons. The third-order valence-corrected chi connectivity index (χ3v) is 5.99. The second kappa shape index (κ2) is 9.34. The van der Waals surface area contributed by atoms with Crippen LogP contribution in [0.25, 0.3) is 0 Å². The summed E-state index contributed by atoms with van der Waals surface area (Å²) in [5.74, 6) is -0.449. The van der Waals surface area contributed by atoms with E-state index in [-0.39, 0.29) is 11.7 Å².